The number of hydrogen-bond acceptors (Lipinski definition) is 3. The van der Waals surface area contributed by atoms with Gasteiger partial charge in [-0.15, -0.1) is 0 Å². The normalized spacial score (nSPS) is 10.4. The monoisotopic (exact) mass is 367 g/mol. The summed E-state index contributed by atoms with van der Waals surface area (Å²) in [4.78, 5) is 13.3. The van der Waals surface area contributed by atoms with E-state index in [0.717, 1.165) is 0 Å². The molecule has 0 aliphatic heterocycles. The number of aromatic nitrogens is 2. The van der Waals surface area contributed by atoms with Crippen molar-refractivity contribution in [1.29, 1.82) is 5.26 Å². The molecule has 3 aromatic carbocycles. The highest BCUT2D eigenvalue weighted by Crippen LogP contribution is 2.29. The number of rotatable bonds is 4. The Morgan fingerprint density at radius 3 is 2.11 bits per heavy atom. The molecule has 5 heteroatoms. The third kappa shape index (κ3) is 3.08. The Morgan fingerprint density at radius 2 is 1.50 bits per heavy atom. The molecule has 0 aliphatic carbocycles. The first-order valence-electron chi connectivity index (χ1n) is 8.63. The minimum Gasteiger partial charge on any atom is -0.288 e. The molecule has 0 saturated heterocycles. The Bertz CT molecular complexity index is 1170. The minimum atomic E-state index is -0.386. The SMILES string of the molecule is N#Cc1c(C(=O)c2ccccc2)c(-c2ccc(F)cc2)nn1-c1ccccc1. The average Bonchev–Trinajstić information content (AvgIpc) is 3.14. The summed E-state index contributed by atoms with van der Waals surface area (Å²) in [5.74, 6) is -0.693. The van der Waals surface area contributed by atoms with Crippen LogP contribution in [0.2, 0.25) is 0 Å². The lowest BCUT2D eigenvalue weighted by Crippen LogP contribution is -2.06. The summed E-state index contributed by atoms with van der Waals surface area (Å²) in [5.41, 5.74) is 2.36. The van der Waals surface area contributed by atoms with Gasteiger partial charge in [-0.2, -0.15) is 10.4 Å². The Labute approximate surface area is 161 Å². The van der Waals surface area contributed by atoms with Crippen molar-refractivity contribution in [2.75, 3.05) is 0 Å². The third-order valence-electron chi connectivity index (χ3n) is 4.37. The van der Waals surface area contributed by atoms with Crippen molar-refractivity contribution in [2.24, 2.45) is 0 Å². The van der Waals surface area contributed by atoms with Crippen molar-refractivity contribution in [1.82, 2.24) is 9.78 Å². The largest absolute Gasteiger partial charge is 0.288 e. The number of carbonyl (C=O) groups is 1. The van der Waals surface area contributed by atoms with Crippen molar-refractivity contribution in [2.45, 2.75) is 0 Å². The van der Waals surface area contributed by atoms with E-state index in [1.165, 1.54) is 16.8 Å². The fourth-order valence-corrected chi connectivity index (χ4v) is 3.04. The zero-order chi connectivity index (χ0) is 19.5. The molecule has 0 fully saturated rings. The first-order valence-corrected chi connectivity index (χ1v) is 8.63. The molecule has 0 unspecified atom stereocenters. The second-order valence-electron chi connectivity index (χ2n) is 6.13. The molecule has 4 nitrogen and oxygen atoms in total. The quantitative estimate of drug-likeness (QED) is 0.488. The molecule has 0 bridgehead atoms. The van der Waals surface area contributed by atoms with E-state index in [-0.39, 0.29) is 22.9 Å². The topological polar surface area (TPSA) is 58.7 Å². The van der Waals surface area contributed by atoms with Crippen LogP contribution in [0.1, 0.15) is 21.6 Å². The highest BCUT2D eigenvalue weighted by molar-refractivity contribution is 6.13. The molecule has 4 rings (SSSR count). The lowest BCUT2D eigenvalue weighted by atomic mass is 9.98. The number of benzene rings is 3. The highest BCUT2D eigenvalue weighted by atomic mass is 19.1. The smallest absolute Gasteiger partial charge is 0.198 e. The number of halogens is 1. The number of para-hydroxylation sites is 1. The van der Waals surface area contributed by atoms with E-state index in [1.807, 2.05) is 24.3 Å². The van der Waals surface area contributed by atoms with Gasteiger partial charge < -0.3 is 0 Å². The maximum absolute atomic E-state index is 13.4. The van der Waals surface area contributed by atoms with Gasteiger partial charge >= 0.3 is 0 Å². The lowest BCUT2D eigenvalue weighted by molar-refractivity contribution is 0.103. The Morgan fingerprint density at radius 1 is 0.893 bits per heavy atom. The predicted molar refractivity (Wildman–Crippen MR) is 104 cm³/mol. The number of ketones is 1. The molecule has 0 amide bonds. The molecule has 0 aliphatic rings. The summed E-state index contributed by atoms with van der Waals surface area (Å²) in [6.45, 7) is 0. The summed E-state index contributed by atoms with van der Waals surface area (Å²) in [5, 5.41) is 14.4. The van der Waals surface area contributed by atoms with Gasteiger partial charge in [0.05, 0.1) is 11.3 Å². The van der Waals surface area contributed by atoms with E-state index in [2.05, 4.69) is 11.2 Å². The maximum atomic E-state index is 13.4. The second kappa shape index (κ2) is 7.29. The van der Waals surface area contributed by atoms with Crippen LogP contribution >= 0.6 is 0 Å². The van der Waals surface area contributed by atoms with E-state index >= 15 is 0 Å². The van der Waals surface area contributed by atoms with Crippen molar-refractivity contribution in [3.63, 3.8) is 0 Å². The first-order chi connectivity index (χ1) is 13.7. The molecule has 134 valence electrons. The molecule has 1 heterocycles. The van der Waals surface area contributed by atoms with E-state index in [4.69, 9.17) is 0 Å². The van der Waals surface area contributed by atoms with Crippen molar-refractivity contribution < 1.29 is 9.18 Å². The highest BCUT2D eigenvalue weighted by Gasteiger charge is 2.26. The Kier molecular flexibility index (Phi) is 4.53. The first kappa shape index (κ1) is 17.4. The van der Waals surface area contributed by atoms with Gasteiger partial charge in [0, 0.05) is 11.1 Å². The van der Waals surface area contributed by atoms with Crippen LogP contribution in [-0.2, 0) is 0 Å². The maximum Gasteiger partial charge on any atom is 0.198 e. The van der Waals surface area contributed by atoms with E-state index in [0.29, 0.717) is 22.5 Å². The fourth-order valence-electron chi connectivity index (χ4n) is 3.04. The van der Waals surface area contributed by atoms with Crippen LogP contribution in [0.15, 0.2) is 84.9 Å². The molecule has 0 spiro atoms. The van der Waals surface area contributed by atoms with E-state index in [9.17, 15) is 14.4 Å². The Balaban J connectivity index is 1.99. The van der Waals surface area contributed by atoms with Gasteiger partial charge in [-0.1, -0.05) is 48.5 Å². The summed E-state index contributed by atoms with van der Waals surface area (Å²) >= 11 is 0. The van der Waals surface area contributed by atoms with Crippen LogP contribution in [-0.4, -0.2) is 15.6 Å². The van der Waals surface area contributed by atoms with Gasteiger partial charge in [0.2, 0.25) is 0 Å². The summed E-state index contributed by atoms with van der Waals surface area (Å²) in [6.07, 6.45) is 0. The van der Waals surface area contributed by atoms with Gasteiger partial charge in [-0.3, -0.25) is 4.79 Å². The number of nitrogens with zero attached hydrogens (tertiary/aromatic N) is 3. The van der Waals surface area contributed by atoms with Crippen LogP contribution in [0.25, 0.3) is 16.9 Å². The molecule has 4 aromatic rings. The van der Waals surface area contributed by atoms with Crippen LogP contribution in [0.5, 0.6) is 0 Å². The molecule has 1 aromatic heterocycles. The van der Waals surface area contributed by atoms with Gasteiger partial charge in [-0.25, -0.2) is 9.07 Å². The average molecular weight is 367 g/mol. The van der Waals surface area contributed by atoms with Crippen molar-refractivity contribution >= 4 is 5.78 Å². The molecular formula is C23H14FN3O. The van der Waals surface area contributed by atoms with Crippen molar-refractivity contribution in [3.05, 3.63) is 108 Å². The molecule has 0 N–H and O–H groups in total. The summed E-state index contributed by atoms with van der Waals surface area (Å²) in [6, 6.07) is 25.7. The fraction of sp³-hybridized carbons (Fsp3) is 0. The number of hydrogen-bond donors (Lipinski definition) is 0. The van der Waals surface area contributed by atoms with Gasteiger partial charge in [0.1, 0.15) is 17.6 Å². The minimum absolute atomic E-state index is 0.138. The van der Waals surface area contributed by atoms with Crippen molar-refractivity contribution in [3.8, 4) is 23.0 Å². The predicted octanol–water partition coefficient (Wildman–Crippen LogP) is 4.78. The van der Waals surface area contributed by atoms with Crippen LogP contribution in [0, 0.1) is 17.1 Å². The summed E-state index contributed by atoms with van der Waals surface area (Å²) in [7, 11) is 0. The third-order valence-corrected chi connectivity index (χ3v) is 4.37. The standard InChI is InChI=1S/C23H14FN3O/c24-18-13-11-16(12-14-18)22-21(23(28)17-7-3-1-4-8-17)20(15-25)27(26-22)19-9-5-2-6-10-19/h1-14H. The van der Waals surface area contributed by atoms with Crippen LogP contribution in [0.4, 0.5) is 4.39 Å². The molecule has 0 radical (unpaired) electrons. The van der Waals surface area contributed by atoms with E-state index in [1.54, 1.807) is 48.5 Å². The molecule has 28 heavy (non-hydrogen) atoms. The number of nitriles is 1. The molecular weight excluding hydrogens is 353 g/mol. The zero-order valence-electron chi connectivity index (χ0n) is 14.7. The Hall–Kier alpha value is -4.04. The second-order valence-corrected chi connectivity index (χ2v) is 6.13. The molecule has 0 saturated carbocycles. The summed E-state index contributed by atoms with van der Waals surface area (Å²) < 4.78 is 14.9. The van der Waals surface area contributed by atoms with Crippen LogP contribution in [0.3, 0.4) is 0 Å². The van der Waals surface area contributed by atoms with Gasteiger partial charge in [-0.05, 0) is 36.4 Å². The zero-order valence-corrected chi connectivity index (χ0v) is 14.7. The van der Waals surface area contributed by atoms with Gasteiger partial charge in [0.15, 0.2) is 11.5 Å². The van der Waals surface area contributed by atoms with Gasteiger partial charge in [0.25, 0.3) is 0 Å². The van der Waals surface area contributed by atoms with Crippen LogP contribution < -0.4 is 0 Å². The van der Waals surface area contributed by atoms with E-state index < -0.39 is 0 Å². The number of carbonyl (C=O) groups excluding carboxylic acids is 1. The molecule has 0 atom stereocenters. The lowest BCUT2D eigenvalue weighted by Gasteiger charge is -2.04.